The van der Waals surface area contributed by atoms with Gasteiger partial charge in [-0.25, -0.2) is 0 Å². The van der Waals surface area contributed by atoms with Crippen LogP contribution in [0.4, 0.5) is 0 Å². The molecule has 0 saturated heterocycles. The average molecular weight is 285 g/mol. The smallest absolute Gasteiger partial charge is 0.133 e. The number of hydrogen-bond donors (Lipinski definition) is 1. The monoisotopic (exact) mass is 284 g/mol. The topological polar surface area (TPSA) is 29.5 Å². The number of aliphatic hydroxyl groups is 1. The summed E-state index contributed by atoms with van der Waals surface area (Å²) in [5.41, 5.74) is 1.13. The first-order chi connectivity index (χ1) is 7.79. The Morgan fingerprint density at radius 1 is 1.38 bits per heavy atom. The van der Waals surface area contributed by atoms with E-state index in [1.165, 1.54) is 19.3 Å². The van der Waals surface area contributed by atoms with Crippen LogP contribution in [0.3, 0.4) is 0 Å². The van der Waals surface area contributed by atoms with Gasteiger partial charge in [0.05, 0.1) is 11.1 Å². The van der Waals surface area contributed by atoms with Crippen molar-refractivity contribution in [2.45, 2.75) is 25.7 Å². The molecule has 2 rings (SSSR count). The quantitative estimate of drug-likeness (QED) is 0.900. The summed E-state index contributed by atoms with van der Waals surface area (Å²) in [4.78, 5) is 0. The van der Waals surface area contributed by atoms with E-state index < -0.39 is 0 Å². The van der Waals surface area contributed by atoms with Crippen molar-refractivity contribution in [1.29, 1.82) is 0 Å². The van der Waals surface area contributed by atoms with Crippen LogP contribution in [0.15, 0.2) is 22.7 Å². The predicted octanol–water partition coefficient (Wildman–Crippen LogP) is 3.16. The number of aliphatic hydroxyl groups excluding tert-OH is 1. The van der Waals surface area contributed by atoms with Gasteiger partial charge >= 0.3 is 0 Å². The van der Waals surface area contributed by atoms with E-state index in [2.05, 4.69) is 15.9 Å². The fourth-order valence-corrected chi connectivity index (χ4v) is 2.35. The molecule has 0 bridgehead atoms. The molecule has 0 aliphatic heterocycles. The molecule has 0 radical (unpaired) electrons. The van der Waals surface area contributed by atoms with E-state index in [-0.39, 0.29) is 6.61 Å². The van der Waals surface area contributed by atoms with Crippen LogP contribution in [0, 0.1) is 5.92 Å². The molecule has 0 atom stereocenters. The van der Waals surface area contributed by atoms with Crippen LogP contribution in [0.5, 0.6) is 5.75 Å². The molecule has 0 amide bonds. The summed E-state index contributed by atoms with van der Waals surface area (Å²) in [7, 11) is 0. The van der Waals surface area contributed by atoms with E-state index in [0.29, 0.717) is 6.42 Å². The van der Waals surface area contributed by atoms with Crippen LogP contribution >= 0.6 is 15.9 Å². The third-order valence-corrected chi connectivity index (χ3v) is 3.72. The third kappa shape index (κ3) is 2.98. The lowest BCUT2D eigenvalue weighted by molar-refractivity contribution is 0.180. The Labute approximate surface area is 105 Å². The van der Waals surface area contributed by atoms with Gasteiger partial charge < -0.3 is 9.84 Å². The van der Waals surface area contributed by atoms with Gasteiger partial charge in [-0.1, -0.05) is 12.5 Å². The molecule has 1 fully saturated rings. The molecule has 0 spiro atoms. The highest BCUT2D eigenvalue weighted by atomic mass is 79.9. The van der Waals surface area contributed by atoms with Gasteiger partial charge in [-0.15, -0.1) is 0 Å². The summed E-state index contributed by atoms with van der Waals surface area (Å²) in [5.74, 6) is 1.66. The first-order valence-electron chi connectivity index (χ1n) is 5.81. The highest BCUT2D eigenvalue weighted by Gasteiger charge is 2.18. The van der Waals surface area contributed by atoms with E-state index in [1.807, 2.05) is 18.2 Å². The number of hydrogen-bond acceptors (Lipinski definition) is 2. The number of benzene rings is 1. The largest absolute Gasteiger partial charge is 0.492 e. The van der Waals surface area contributed by atoms with Gasteiger partial charge in [0.1, 0.15) is 5.75 Å². The van der Waals surface area contributed by atoms with Crippen molar-refractivity contribution in [2.75, 3.05) is 13.2 Å². The molecule has 2 nitrogen and oxygen atoms in total. The van der Waals surface area contributed by atoms with Gasteiger partial charge in [-0.2, -0.15) is 0 Å². The molecule has 1 aliphatic rings. The SMILES string of the molecule is OCCc1ccc(OCC2CCC2)c(Br)c1. The highest BCUT2D eigenvalue weighted by Crippen LogP contribution is 2.30. The van der Waals surface area contributed by atoms with E-state index in [4.69, 9.17) is 9.84 Å². The minimum atomic E-state index is 0.189. The maximum absolute atomic E-state index is 8.85. The molecule has 0 aromatic heterocycles. The molecular formula is C13H17BrO2. The second kappa shape index (κ2) is 5.69. The van der Waals surface area contributed by atoms with Crippen molar-refractivity contribution in [3.8, 4) is 5.75 Å². The van der Waals surface area contributed by atoms with Crippen molar-refractivity contribution in [2.24, 2.45) is 5.92 Å². The summed E-state index contributed by atoms with van der Waals surface area (Å²) >= 11 is 3.50. The lowest BCUT2D eigenvalue weighted by Gasteiger charge is -2.25. The third-order valence-electron chi connectivity index (χ3n) is 3.10. The standard InChI is InChI=1S/C13H17BrO2/c14-12-8-10(6-7-15)4-5-13(12)16-9-11-2-1-3-11/h4-5,8,11,15H,1-3,6-7,9H2. The van der Waals surface area contributed by atoms with Gasteiger partial charge in [0.15, 0.2) is 0 Å². The van der Waals surface area contributed by atoms with Crippen molar-refractivity contribution in [3.05, 3.63) is 28.2 Å². The summed E-state index contributed by atoms with van der Waals surface area (Å²) in [6.45, 7) is 1.02. The zero-order chi connectivity index (χ0) is 11.4. The lowest BCUT2D eigenvalue weighted by Crippen LogP contribution is -2.19. The van der Waals surface area contributed by atoms with Gasteiger partial charge in [0, 0.05) is 6.61 Å². The zero-order valence-corrected chi connectivity index (χ0v) is 10.9. The molecule has 1 aromatic carbocycles. The Hall–Kier alpha value is -0.540. The van der Waals surface area contributed by atoms with Gasteiger partial charge in [0.25, 0.3) is 0 Å². The summed E-state index contributed by atoms with van der Waals surface area (Å²) < 4.78 is 6.75. The van der Waals surface area contributed by atoms with Crippen LogP contribution in [-0.2, 0) is 6.42 Å². The number of rotatable bonds is 5. The number of halogens is 1. The van der Waals surface area contributed by atoms with Gasteiger partial charge in [-0.3, -0.25) is 0 Å². The predicted molar refractivity (Wildman–Crippen MR) is 67.8 cm³/mol. The van der Waals surface area contributed by atoms with Crippen LogP contribution in [0.1, 0.15) is 24.8 Å². The summed E-state index contributed by atoms with van der Waals surface area (Å²) in [5, 5.41) is 8.85. The molecule has 1 saturated carbocycles. The molecule has 3 heteroatoms. The van der Waals surface area contributed by atoms with Crippen LogP contribution in [0.25, 0.3) is 0 Å². The molecule has 0 heterocycles. The maximum Gasteiger partial charge on any atom is 0.133 e. The van der Waals surface area contributed by atoms with Crippen molar-refractivity contribution in [3.63, 3.8) is 0 Å². The van der Waals surface area contributed by atoms with E-state index in [1.54, 1.807) is 0 Å². The Morgan fingerprint density at radius 3 is 2.75 bits per heavy atom. The molecular weight excluding hydrogens is 268 g/mol. The Kier molecular flexibility index (Phi) is 4.24. The van der Waals surface area contributed by atoms with Crippen LogP contribution in [0.2, 0.25) is 0 Å². The number of ether oxygens (including phenoxy) is 1. The zero-order valence-electron chi connectivity index (χ0n) is 9.29. The van der Waals surface area contributed by atoms with Crippen molar-refractivity contribution < 1.29 is 9.84 Å². The second-order valence-electron chi connectivity index (χ2n) is 4.35. The maximum atomic E-state index is 8.85. The normalized spacial score (nSPS) is 15.9. The average Bonchev–Trinajstić information content (AvgIpc) is 2.19. The molecule has 16 heavy (non-hydrogen) atoms. The highest BCUT2D eigenvalue weighted by molar-refractivity contribution is 9.10. The van der Waals surface area contributed by atoms with E-state index >= 15 is 0 Å². The van der Waals surface area contributed by atoms with Crippen molar-refractivity contribution >= 4 is 15.9 Å². The Balaban J connectivity index is 1.92. The van der Waals surface area contributed by atoms with Crippen LogP contribution < -0.4 is 4.74 Å². The minimum absolute atomic E-state index is 0.189. The first kappa shape index (κ1) is 11.9. The summed E-state index contributed by atoms with van der Waals surface area (Å²) in [6, 6.07) is 6.01. The Morgan fingerprint density at radius 2 is 2.19 bits per heavy atom. The van der Waals surface area contributed by atoms with Crippen LogP contribution in [-0.4, -0.2) is 18.3 Å². The second-order valence-corrected chi connectivity index (χ2v) is 5.20. The first-order valence-corrected chi connectivity index (χ1v) is 6.61. The summed E-state index contributed by atoms with van der Waals surface area (Å²) in [6.07, 6.45) is 4.66. The minimum Gasteiger partial charge on any atom is -0.492 e. The molecule has 1 aliphatic carbocycles. The van der Waals surface area contributed by atoms with Gasteiger partial charge in [-0.05, 0) is 58.8 Å². The van der Waals surface area contributed by atoms with E-state index in [9.17, 15) is 0 Å². The lowest BCUT2D eigenvalue weighted by atomic mass is 9.86. The molecule has 1 N–H and O–H groups in total. The van der Waals surface area contributed by atoms with Crippen molar-refractivity contribution in [1.82, 2.24) is 0 Å². The Bertz CT molecular complexity index is 348. The fourth-order valence-electron chi connectivity index (χ4n) is 1.81. The molecule has 0 unspecified atom stereocenters. The molecule has 88 valence electrons. The van der Waals surface area contributed by atoms with E-state index in [0.717, 1.165) is 28.3 Å². The molecule has 1 aromatic rings. The fraction of sp³-hybridized carbons (Fsp3) is 0.538. The van der Waals surface area contributed by atoms with Gasteiger partial charge in [0.2, 0.25) is 0 Å².